The van der Waals surface area contributed by atoms with Crippen molar-refractivity contribution >= 4 is 0 Å². The van der Waals surface area contributed by atoms with Gasteiger partial charge in [0.2, 0.25) is 0 Å². The Kier molecular flexibility index (Phi) is 11.0. The van der Waals surface area contributed by atoms with Gasteiger partial charge < -0.3 is 33.2 Å². The van der Waals surface area contributed by atoms with Gasteiger partial charge >= 0.3 is 0 Å². The third-order valence-corrected chi connectivity index (χ3v) is 3.89. The lowest BCUT2D eigenvalue weighted by atomic mass is 10.1. The van der Waals surface area contributed by atoms with E-state index in [0.29, 0.717) is 0 Å². The molecule has 0 unspecified atom stereocenters. The predicted octanol–water partition coefficient (Wildman–Crippen LogP) is 0.218. The second-order valence-corrected chi connectivity index (χ2v) is 5.26. The molecule has 17 heavy (non-hydrogen) atoms. The molecule has 0 radical (unpaired) electrons. The summed E-state index contributed by atoms with van der Waals surface area (Å²) in [7, 11) is 0. The number of hydrogen-bond donors (Lipinski definition) is 0. The lowest BCUT2D eigenvalue weighted by molar-refractivity contribution is -0.935. The Hall–Kier alpha value is 0.650. The molecule has 0 bridgehead atoms. The zero-order valence-corrected chi connectivity index (χ0v) is 13.9. The quantitative estimate of drug-likeness (QED) is 0.344. The Bertz CT molecular complexity index is 158. The number of hydrogen-bond acceptors (Lipinski definition) is 1. The summed E-state index contributed by atoms with van der Waals surface area (Å²) in [6.45, 7) is 11.8. The highest BCUT2D eigenvalue weighted by Crippen LogP contribution is 2.16. The molecule has 0 amide bonds. The van der Waals surface area contributed by atoms with E-state index in [1.807, 2.05) is 0 Å². The monoisotopic (exact) mass is 355 g/mol. The molecule has 1 heterocycles. The maximum absolute atomic E-state index is 5.52. The van der Waals surface area contributed by atoms with Crippen molar-refractivity contribution in [3.63, 3.8) is 0 Å². The van der Waals surface area contributed by atoms with E-state index in [0.717, 1.165) is 13.2 Å². The summed E-state index contributed by atoms with van der Waals surface area (Å²) < 4.78 is 6.87. The number of rotatable bonds is 8. The van der Waals surface area contributed by atoms with Gasteiger partial charge in [0.05, 0.1) is 26.3 Å². The van der Waals surface area contributed by atoms with Crippen molar-refractivity contribution in [3.05, 3.63) is 0 Å². The number of quaternary nitrogens is 1. The van der Waals surface area contributed by atoms with Crippen LogP contribution in [-0.2, 0) is 4.74 Å². The Balaban J connectivity index is 0.00000256. The first kappa shape index (κ1) is 17.6. The highest BCUT2D eigenvalue weighted by Gasteiger charge is 2.28. The van der Waals surface area contributed by atoms with E-state index in [2.05, 4.69) is 13.8 Å². The smallest absolute Gasteiger partial charge is 0.102 e. The van der Waals surface area contributed by atoms with Crippen LogP contribution in [0, 0.1) is 0 Å². The molecule has 0 N–H and O–H groups in total. The van der Waals surface area contributed by atoms with Crippen LogP contribution < -0.4 is 24.0 Å². The summed E-state index contributed by atoms with van der Waals surface area (Å²) in [5.74, 6) is 0. The van der Waals surface area contributed by atoms with E-state index >= 15 is 0 Å². The van der Waals surface area contributed by atoms with Crippen LogP contribution in [0.15, 0.2) is 0 Å². The van der Waals surface area contributed by atoms with Gasteiger partial charge in [-0.15, -0.1) is 0 Å². The van der Waals surface area contributed by atoms with Gasteiger partial charge in [0.1, 0.15) is 13.1 Å². The van der Waals surface area contributed by atoms with Crippen LogP contribution in [0.1, 0.15) is 52.4 Å². The lowest BCUT2D eigenvalue weighted by Gasteiger charge is -2.41. The molecule has 0 saturated carbocycles. The fourth-order valence-electron chi connectivity index (χ4n) is 2.68. The summed E-state index contributed by atoms with van der Waals surface area (Å²) in [6.07, 6.45) is 8.28. The van der Waals surface area contributed by atoms with E-state index in [1.54, 1.807) is 0 Å². The van der Waals surface area contributed by atoms with Crippen LogP contribution in [-0.4, -0.2) is 43.9 Å². The molecule has 2 nitrogen and oxygen atoms in total. The van der Waals surface area contributed by atoms with E-state index < -0.39 is 0 Å². The standard InChI is InChI=1S/C14H30NO.HI/c1-3-5-7-9-15(10-8-6-4-2)11-13-16-14-12-15;/h3-14H2,1-2H3;1H/q+1;/p-1. The highest BCUT2D eigenvalue weighted by molar-refractivity contribution is 4.52. The lowest BCUT2D eigenvalue weighted by Crippen LogP contribution is -3.00. The number of ether oxygens (including phenoxy) is 1. The first-order chi connectivity index (χ1) is 7.83. The first-order valence-corrected chi connectivity index (χ1v) is 7.26. The van der Waals surface area contributed by atoms with Crippen LogP contribution in [0.3, 0.4) is 0 Å². The van der Waals surface area contributed by atoms with Crippen molar-refractivity contribution in [3.8, 4) is 0 Å². The second-order valence-electron chi connectivity index (χ2n) is 5.26. The van der Waals surface area contributed by atoms with E-state index in [-0.39, 0.29) is 24.0 Å². The average molecular weight is 355 g/mol. The molecule has 104 valence electrons. The predicted molar refractivity (Wildman–Crippen MR) is 69.6 cm³/mol. The minimum absolute atomic E-state index is 0. The Labute approximate surface area is 125 Å². The van der Waals surface area contributed by atoms with Gasteiger partial charge in [0, 0.05) is 0 Å². The molecule has 0 aromatic carbocycles. The molecule has 0 atom stereocenters. The maximum Gasteiger partial charge on any atom is 0.102 e. The van der Waals surface area contributed by atoms with Gasteiger partial charge in [-0.05, 0) is 25.7 Å². The van der Waals surface area contributed by atoms with Crippen molar-refractivity contribution in [1.29, 1.82) is 0 Å². The Morgan fingerprint density at radius 1 is 0.824 bits per heavy atom. The number of halogens is 1. The maximum atomic E-state index is 5.52. The van der Waals surface area contributed by atoms with Gasteiger partial charge in [-0.25, -0.2) is 0 Å². The van der Waals surface area contributed by atoms with Gasteiger partial charge in [0.15, 0.2) is 0 Å². The van der Waals surface area contributed by atoms with Crippen LogP contribution >= 0.6 is 0 Å². The molecule has 0 aliphatic carbocycles. The van der Waals surface area contributed by atoms with Crippen LogP contribution in [0.2, 0.25) is 0 Å². The molecule has 0 aromatic rings. The molecule has 1 aliphatic rings. The molecule has 1 saturated heterocycles. The number of unbranched alkanes of at least 4 members (excludes halogenated alkanes) is 4. The molecule has 1 rings (SSSR count). The molecule has 0 aromatic heterocycles. The third kappa shape index (κ3) is 6.97. The summed E-state index contributed by atoms with van der Waals surface area (Å²) in [5.41, 5.74) is 0. The molecular weight excluding hydrogens is 325 g/mol. The average Bonchev–Trinajstić information content (AvgIpc) is 2.31. The zero-order valence-electron chi connectivity index (χ0n) is 11.7. The van der Waals surface area contributed by atoms with Gasteiger partial charge in [0.25, 0.3) is 0 Å². The second kappa shape index (κ2) is 10.6. The van der Waals surface area contributed by atoms with E-state index in [9.17, 15) is 0 Å². The van der Waals surface area contributed by atoms with Crippen LogP contribution in [0.4, 0.5) is 0 Å². The fraction of sp³-hybridized carbons (Fsp3) is 1.00. The van der Waals surface area contributed by atoms with Gasteiger partial charge in [-0.1, -0.05) is 26.7 Å². The van der Waals surface area contributed by atoms with Crippen molar-refractivity contribution < 1.29 is 33.2 Å². The van der Waals surface area contributed by atoms with E-state index in [1.165, 1.54) is 69.2 Å². The minimum Gasteiger partial charge on any atom is -1.00 e. The van der Waals surface area contributed by atoms with Crippen LogP contribution in [0.5, 0.6) is 0 Å². The largest absolute Gasteiger partial charge is 1.00 e. The molecular formula is C14H30INO. The first-order valence-electron chi connectivity index (χ1n) is 7.26. The molecule has 1 aliphatic heterocycles. The number of morpholine rings is 1. The topological polar surface area (TPSA) is 9.23 Å². The molecule has 0 spiro atoms. The highest BCUT2D eigenvalue weighted by atomic mass is 127. The van der Waals surface area contributed by atoms with Crippen molar-refractivity contribution in [2.24, 2.45) is 0 Å². The minimum atomic E-state index is 0. The van der Waals surface area contributed by atoms with Gasteiger partial charge in [-0.3, -0.25) is 0 Å². The number of nitrogens with zero attached hydrogens (tertiary/aromatic N) is 1. The summed E-state index contributed by atoms with van der Waals surface area (Å²) in [6, 6.07) is 0. The Morgan fingerprint density at radius 2 is 1.29 bits per heavy atom. The van der Waals surface area contributed by atoms with Crippen molar-refractivity contribution in [2.75, 3.05) is 39.4 Å². The Morgan fingerprint density at radius 3 is 1.71 bits per heavy atom. The molecule has 3 heteroatoms. The summed E-state index contributed by atoms with van der Waals surface area (Å²) in [4.78, 5) is 0. The summed E-state index contributed by atoms with van der Waals surface area (Å²) in [5, 5.41) is 0. The summed E-state index contributed by atoms with van der Waals surface area (Å²) >= 11 is 0. The van der Waals surface area contributed by atoms with Crippen molar-refractivity contribution in [1.82, 2.24) is 0 Å². The normalized spacial score (nSPS) is 18.7. The van der Waals surface area contributed by atoms with E-state index in [4.69, 9.17) is 4.74 Å². The van der Waals surface area contributed by atoms with Gasteiger partial charge in [-0.2, -0.15) is 0 Å². The van der Waals surface area contributed by atoms with Crippen molar-refractivity contribution in [2.45, 2.75) is 52.4 Å². The SMILES string of the molecule is CCCCC[N+]1(CCCCC)CCOCC1.[I-]. The third-order valence-electron chi connectivity index (χ3n) is 3.89. The fourth-order valence-corrected chi connectivity index (χ4v) is 2.68. The molecule has 1 fully saturated rings. The van der Waals surface area contributed by atoms with Crippen LogP contribution in [0.25, 0.3) is 0 Å². The zero-order chi connectivity index (χ0) is 11.7.